The molecule has 130 valence electrons. The molecule has 0 bridgehead atoms. The Kier molecular flexibility index (Phi) is 4.71. The summed E-state index contributed by atoms with van der Waals surface area (Å²) in [6.07, 6.45) is 1.83. The molecule has 2 aromatic heterocycles. The van der Waals surface area contributed by atoms with Gasteiger partial charge in [-0.3, -0.25) is 0 Å². The molecule has 2 aromatic carbocycles. The number of aromatic nitrogens is 2. The zero-order chi connectivity index (χ0) is 17.8. The third kappa shape index (κ3) is 3.48. The summed E-state index contributed by atoms with van der Waals surface area (Å²) in [6, 6.07) is 20.0. The second-order valence-electron chi connectivity index (χ2n) is 5.76. The van der Waals surface area contributed by atoms with E-state index in [-0.39, 0.29) is 0 Å². The molecule has 0 radical (unpaired) electrons. The zero-order valence-corrected chi connectivity index (χ0v) is 15.1. The third-order valence-electron chi connectivity index (χ3n) is 4.04. The lowest BCUT2D eigenvalue weighted by molar-refractivity contribution is 0.304. The molecule has 0 spiro atoms. The van der Waals surface area contributed by atoms with Crippen LogP contribution >= 0.6 is 11.3 Å². The highest BCUT2D eigenvalue weighted by Gasteiger charge is 2.12. The molecule has 0 fully saturated rings. The maximum absolute atomic E-state index is 5.89. The normalized spacial score (nSPS) is 10.7. The van der Waals surface area contributed by atoms with E-state index in [2.05, 4.69) is 9.97 Å². The van der Waals surface area contributed by atoms with Gasteiger partial charge in [-0.15, -0.1) is 11.3 Å². The molecule has 0 aliphatic rings. The average Bonchev–Trinajstić information content (AvgIpc) is 3.38. The lowest BCUT2D eigenvalue weighted by Crippen LogP contribution is -1.96. The van der Waals surface area contributed by atoms with Crippen LogP contribution in [0.3, 0.4) is 0 Å². The minimum Gasteiger partial charge on any atom is -0.496 e. The molecule has 0 amide bonds. The van der Waals surface area contributed by atoms with E-state index >= 15 is 0 Å². The predicted molar refractivity (Wildman–Crippen MR) is 105 cm³/mol. The lowest BCUT2D eigenvalue weighted by atomic mass is 10.1. The van der Waals surface area contributed by atoms with E-state index in [4.69, 9.17) is 9.47 Å². The number of H-pyrrole nitrogens is 1. The zero-order valence-electron chi connectivity index (χ0n) is 14.3. The number of methoxy groups -OCH3 is 1. The SMILES string of the molecule is COc1cc(OCc2ccccc2)ccc1-c1cnc(-c2cccs2)[nH]1. The smallest absolute Gasteiger partial charge is 0.147 e. The van der Waals surface area contributed by atoms with E-state index in [9.17, 15) is 0 Å². The number of thiophene rings is 1. The molecule has 5 heteroatoms. The fraction of sp³-hybridized carbons (Fsp3) is 0.0952. The van der Waals surface area contributed by atoms with Crippen LogP contribution in [0.15, 0.2) is 72.2 Å². The molecule has 26 heavy (non-hydrogen) atoms. The summed E-state index contributed by atoms with van der Waals surface area (Å²) in [7, 11) is 1.66. The summed E-state index contributed by atoms with van der Waals surface area (Å²) in [4.78, 5) is 8.95. The molecular formula is C21H18N2O2S. The molecule has 0 unspecified atom stereocenters. The van der Waals surface area contributed by atoms with Crippen molar-refractivity contribution in [1.82, 2.24) is 9.97 Å². The van der Waals surface area contributed by atoms with Gasteiger partial charge in [-0.1, -0.05) is 36.4 Å². The Morgan fingerprint density at radius 1 is 1.04 bits per heavy atom. The number of nitrogens with one attached hydrogen (secondary N) is 1. The van der Waals surface area contributed by atoms with Crippen LogP contribution in [0.25, 0.3) is 22.0 Å². The van der Waals surface area contributed by atoms with E-state index < -0.39 is 0 Å². The summed E-state index contributed by atoms with van der Waals surface area (Å²) in [5.41, 5.74) is 3.00. The predicted octanol–water partition coefficient (Wildman–Crippen LogP) is 5.39. The Morgan fingerprint density at radius 2 is 1.92 bits per heavy atom. The van der Waals surface area contributed by atoms with Gasteiger partial charge in [0.2, 0.25) is 0 Å². The number of nitrogens with zero attached hydrogens (tertiary/aromatic N) is 1. The molecule has 4 aromatic rings. The first-order valence-electron chi connectivity index (χ1n) is 8.27. The molecule has 0 saturated heterocycles. The summed E-state index contributed by atoms with van der Waals surface area (Å²) in [5, 5.41) is 2.04. The van der Waals surface area contributed by atoms with Crippen LogP contribution in [0.4, 0.5) is 0 Å². The maximum atomic E-state index is 5.89. The van der Waals surface area contributed by atoms with Gasteiger partial charge in [-0.2, -0.15) is 0 Å². The molecule has 2 heterocycles. The molecule has 4 rings (SSSR count). The van der Waals surface area contributed by atoms with Crippen LogP contribution < -0.4 is 9.47 Å². The summed E-state index contributed by atoms with van der Waals surface area (Å²) in [5.74, 6) is 2.38. The van der Waals surface area contributed by atoms with Crippen molar-refractivity contribution in [3.8, 4) is 33.5 Å². The fourth-order valence-corrected chi connectivity index (χ4v) is 3.40. The van der Waals surface area contributed by atoms with E-state index in [1.54, 1.807) is 18.4 Å². The lowest BCUT2D eigenvalue weighted by Gasteiger charge is -2.11. The summed E-state index contributed by atoms with van der Waals surface area (Å²) in [6.45, 7) is 0.524. The quantitative estimate of drug-likeness (QED) is 0.500. The molecule has 0 aliphatic heterocycles. The van der Waals surface area contributed by atoms with E-state index in [1.807, 2.05) is 72.2 Å². The van der Waals surface area contributed by atoms with Crippen molar-refractivity contribution < 1.29 is 9.47 Å². The first kappa shape index (κ1) is 16.4. The summed E-state index contributed by atoms with van der Waals surface area (Å²) >= 11 is 1.66. The van der Waals surface area contributed by atoms with Crippen molar-refractivity contribution in [2.24, 2.45) is 0 Å². The number of benzene rings is 2. The molecular weight excluding hydrogens is 344 g/mol. The second-order valence-corrected chi connectivity index (χ2v) is 6.71. The average molecular weight is 362 g/mol. The van der Waals surface area contributed by atoms with Crippen molar-refractivity contribution in [3.63, 3.8) is 0 Å². The standard InChI is InChI=1S/C21H18N2O2S/c1-24-19-12-16(25-14-15-6-3-2-4-7-15)9-10-17(19)18-13-22-21(23-18)20-8-5-11-26-20/h2-13H,14H2,1H3,(H,22,23). The largest absolute Gasteiger partial charge is 0.496 e. The first-order valence-corrected chi connectivity index (χ1v) is 9.15. The van der Waals surface area contributed by atoms with Crippen LogP contribution in [-0.2, 0) is 6.61 Å². The topological polar surface area (TPSA) is 47.1 Å². The molecule has 4 nitrogen and oxygen atoms in total. The van der Waals surface area contributed by atoms with Crippen LogP contribution in [0.1, 0.15) is 5.56 Å². The number of hydrogen-bond acceptors (Lipinski definition) is 4. The second kappa shape index (κ2) is 7.45. The summed E-state index contributed by atoms with van der Waals surface area (Å²) < 4.78 is 11.5. The minimum absolute atomic E-state index is 0.524. The van der Waals surface area contributed by atoms with E-state index in [0.717, 1.165) is 39.0 Å². The van der Waals surface area contributed by atoms with Gasteiger partial charge in [0.25, 0.3) is 0 Å². The highest BCUT2D eigenvalue weighted by Crippen LogP contribution is 2.34. The van der Waals surface area contributed by atoms with E-state index in [0.29, 0.717) is 6.61 Å². The Morgan fingerprint density at radius 3 is 2.69 bits per heavy atom. The van der Waals surface area contributed by atoms with Gasteiger partial charge in [0, 0.05) is 11.6 Å². The molecule has 0 atom stereocenters. The van der Waals surface area contributed by atoms with Crippen molar-refractivity contribution >= 4 is 11.3 Å². The number of aromatic amines is 1. The Labute approximate surface area is 156 Å². The van der Waals surface area contributed by atoms with Crippen LogP contribution in [-0.4, -0.2) is 17.1 Å². The Bertz CT molecular complexity index is 978. The first-order chi connectivity index (χ1) is 12.8. The highest BCUT2D eigenvalue weighted by molar-refractivity contribution is 7.13. The van der Waals surface area contributed by atoms with Gasteiger partial charge in [0.05, 0.1) is 23.9 Å². The maximum Gasteiger partial charge on any atom is 0.147 e. The number of imidazole rings is 1. The van der Waals surface area contributed by atoms with Gasteiger partial charge in [-0.05, 0) is 29.1 Å². The molecule has 0 saturated carbocycles. The Balaban J connectivity index is 1.56. The van der Waals surface area contributed by atoms with Crippen molar-refractivity contribution in [3.05, 3.63) is 77.8 Å². The van der Waals surface area contributed by atoms with Crippen LogP contribution in [0.5, 0.6) is 11.5 Å². The highest BCUT2D eigenvalue weighted by atomic mass is 32.1. The molecule has 0 aliphatic carbocycles. The van der Waals surface area contributed by atoms with Gasteiger partial charge in [-0.25, -0.2) is 4.98 Å². The number of rotatable bonds is 6. The van der Waals surface area contributed by atoms with Crippen LogP contribution in [0.2, 0.25) is 0 Å². The van der Waals surface area contributed by atoms with Crippen LogP contribution in [0, 0.1) is 0 Å². The number of hydrogen-bond donors (Lipinski definition) is 1. The number of ether oxygens (including phenoxy) is 2. The van der Waals surface area contributed by atoms with Gasteiger partial charge < -0.3 is 14.5 Å². The fourth-order valence-electron chi connectivity index (χ4n) is 2.72. The van der Waals surface area contributed by atoms with E-state index in [1.165, 1.54) is 0 Å². The third-order valence-corrected chi connectivity index (χ3v) is 4.92. The van der Waals surface area contributed by atoms with Crippen molar-refractivity contribution in [2.75, 3.05) is 7.11 Å². The minimum atomic E-state index is 0.524. The Hall–Kier alpha value is -3.05. The van der Waals surface area contributed by atoms with Crippen molar-refractivity contribution in [2.45, 2.75) is 6.61 Å². The van der Waals surface area contributed by atoms with Gasteiger partial charge in [0.15, 0.2) is 0 Å². The van der Waals surface area contributed by atoms with Gasteiger partial charge in [0.1, 0.15) is 23.9 Å². The van der Waals surface area contributed by atoms with Gasteiger partial charge >= 0.3 is 0 Å². The van der Waals surface area contributed by atoms with Crippen molar-refractivity contribution in [1.29, 1.82) is 0 Å². The monoisotopic (exact) mass is 362 g/mol. The molecule has 1 N–H and O–H groups in total.